The number of carbonyl (C=O) groups excluding carboxylic acids is 1. The molecule has 0 bridgehead atoms. The maximum Gasteiger partial charge on any atom is 0.325 e. The van der Waals surface area contributed by atoms with Gasteiger partial charge in [0.2, 0.25) is 5.91 Å². The van der Waals surface area contributed by atoms with Crippen LogP contribution in [-0.4, -0.2) is 42.7 Å². The number of aliphatic carboxylic acids is 1. The molecular formula is C12H13N5O3S. The van der Waals surface area contributed by atoms with Crippen LogP contribution in [0.5, 0.6) is 0 Å². The van der Waals surface area contributed by atoms with E-state index in [1.807, 2.05) is 12.1 Å². The molecule has 8 nitrogen and oxygen atoms in total. The van der Waals surface area contributed by atoms with Gasteiger partial charge >= 0.3 is 5.97 Å². The van der Waals surface area contributed by atoms with Crippen LogP contribution in [0.3, 0.4) is 0 Å². The average Bonchev–Trinajstić information content (AvgIpc) is 2.91. The predicted molar refractivity (Wildman–Crippen MR) is 74.5 cm³/mol. The summed E-state index contributed by atoms with van der Waals surface area (Å²) in [5.74, 6) is -0.846. The minimum absolute atomic E-state index is 0.135. The lowest BCUT2D eigenvalue weighted by Gasteiger charge is -2.02. The summed E-state index contributed by atoms with van der Waals surface area (Å²) in [4.78, 5) is 27.0. The van der Waals surface area contributed by atoms with Crippen molar-refractivity contribution in [2.24, 2.45) is 0 Å². The summed E-state index contributed by atoms with van der Waals surface area (Å²) < 4.78 is 1.20. The van der Waals surface area contributed by atoms with E-state index in [0.29, 0.717) is 5.69 Å². The van der Waals surface area contributed by atoms with Crippen molar-refractivity contribution in [2.75, 3.05) is 5.75 Å². The third-order valence-electron chi connectivity index (χ3n) is 2.37. The van der Waals surface area contributed by atoms with Crippen molar-refractivity contribution in [3.05, 3.63) is 36.4 Å². The van der Waals surface area contributed by atoms with E-state index in [9.17, 15) is 9.59 Å². The molecule has 0 radical (unpaired) electrons. The number of hydrogen-bond acceptors (Lipinski definition) is 6. The van der Waals surface area contributed by atoms with Gasteiger partial charge in [-0.15, -0.1) is 16.9 Å². The number of hydrogen-bond donors (Lipinski definition) is 2. The second-order valence-electron chi connectivity index (χ2n) is 4.05. The zero-order valence-electron chi connectivity index (χ0n) is 11.0. The molecule has 2 N–H and O–H groups in total. The van der Waals surface area contributed by atoms with Gasteiger partial charge in [-0.3, -0.25) is 14.6 Å². The van der Waals surface area contributed by atoms with Gasteiger partial charge in [0.25, 0.3) is 0 Å². The Bertz CT molecular complexity index is 616. The van der Waals surface area contributed by atoms with Gasteiger partial charge < -0.3 is 10.4 Å². The lowest BCUT2D eigenvalue weighted by Crippen LogP contribution is -2.24. The van der Waals surface area contributed by atoms with E-state index < -0.39 is 5.97 Å². The topological polar surface area (TPSA) is 110 Å². The summed E-state index contributed by atoms with van der Waals surface area (Å²) in [5.41, 5.74) is 0.513. The number of carbonyl (C=O) groups is 2. The van der Waals surface area contributed by atoms with Gasteiger partial charge in [0, 0.05) is 17.3 Å². The van der Waals surface area contributed by atoms with E-state index in [0.717, 1.165) is 4.90 Å². The molecule has 1 amide bonds. The van der Waals surface area contributed by atoms with E-state index in [4.69, 9.17) is 5.11 Å². The standard InChI is InChI=1S/C12H13N5O3S/c18-11(8-21-10-1-3-13-4-2-10)14-5-9-6-17(16-15-9)7-12(19)20/h1-4,6H,5,7-8H2,(H,14,18)(H,19,20). The Kier molecular flexibility index (Phi) is 5.27. The molecule has 2 aromatic rings. The minimum atomic E-state index is -0.996. The van der Waals surface area contributed by atoms with E-state index in [-0.39, 0.29) is 24.7 Å². The first-order valence-electron chi connectivity index (χ1n) is 6.04. The molecule has 0 aliphatic rings. The fraction of sp³-hybridized carbons (Fsp3) is 0.250. The number of amides is 1. The van der Waals surface area contributed by atoms with Gasteiger partial charge in [0.1, 0.15) is 12.2 Å². The molecule has 0 fully saturated rings. The average molecular weight is 307 g/mol. The van der Waals surface area contributed by atoms with E-state index >= 15 is 0 Å². The number of aromatic nitrogens is 4. The van der Waals surface area contributed by atoms with Gasteiger partial charge in [-0.05, 0) is 12.1 Å². The number of nitrogens with one attached hydrogen (secondary N) is 1. The molecule has 0 atom stereocenters. The molecular weight excluding hydrogens is 294 g/mol. The van der Waals surface area contributed by atoms with E-state index in [1.54, 1.807) is 12.4 Å². The minimum Gasteiger partial charge on any atom is -0.480 e. The highest BCUT2D eigenvalue weighted by molar-refractivity contribution is 8.00. The summed E-state index contributed by atoms with van der Waals surface area (Å²) in [6, 6.07) is 3.66. The Morgan fingerprint density at radius 1 is 1.33 bits per heavy atom. The van der Waals surface area contributed by atoms with Crippen LogP contribution in [-0.2, 0) is 22.7 Å². The lowest BCUT2D eigenvalue weighted by molar-refractivity contribution is -0.137. The summed E-state index contributed by atoms with van der Waals surface area (Å²) in [6.45, 7) is -0.0335. The van der Waals surface area contributed by atoms with Crippen molar-refractivity contribution in [1.29, 1.82) is 0 Å². The number of carboxylic acids is 1. The molecule has 110 valence electrons. The quantitative estimate of drug-likeness (QED) is 0.701. The van der Waals surface area contributed by atoms with Crippen molar-refractivity contribution >= 4 is 23.6 Å². The number of rotatable bonds is 7. The number of carboxylic acid groups (broad SMARTS) is 1. The van der Waals surface area contributed by atoms with Crippen molar-refractivity contribution in [3.8, 4) is 0 Å². The van der Waals surface area contributed by atoms with Crippen LogP contribution >= 0.6 is 11.8 Å². The highest BCUT2D eigenvalue weighted by Crippen LogP contribution is 2.15. The monoisotopic (exact) mass is 307 g/mol. The van der Waals surface area contributed by atoms with Gasteiger partial charge in [0.15, 0.2) is 0 Å². The molecule has 0 saturated heterocycles. The van der Waals surface area contributed by atoms with Crippen LogP contribution in [0.4, 0.5) is 0 Å². The maximum atomic E-state index is 11.7. The number of nitrogens with zero attached hydrogens (tertiary/aromatic N) is 4. The molecule has 0 spiro atoms. The first kappa shape index (κ1) is 15.0. The van der Waals surface area contributed by atoms with Crippen molar-refractivity contribution in [2.45, 2.75) is 18.0 Å². The molecule has 21 heavy (non-hydrogen) atoms. The van der Waals surface area contributed by atoms with Crippen molar-refractivity contribution in [3.63, 3.8) is 0 Å². The fourth-order valence-electron chi connectivity index (χ4n) is 1.46. The van der Waals surface area contributed by atoms with Crippen LogP contribution in [0.15, 0.2) is 35.6 Å². The van der Waals surface area contributed by atoms with Gasteiger partial charge in [0.05, 0.1) is 18.5 Å². The summed E-state index contributed by atoms with van der Waals surface area (Å²) in [5, 5.41) is 18.7. The second kappa shape index (κ2) is 7.39. The Hall–Kier alpha value is -2.42. The normalized spacial score (nSPS) is 10.3. The van der Waals surface area contributed by atoms with Crippen LogP contribution < -0.4 is 5.32 Å². The largest absolute Gasteiger partial charge is 0.480 e. The Balaban J connectivity index is 1.73. The first-order valence-corrected chi connectivity index (χ1v) is 7.02. The van der Waals surface area contributed by atoms with E-state index in [1.165, 1.54) is 22.6 Å². The van der Waals surface area contributed by atoms with Crippen LogP contribution in [0.25, 0.3) is 0 Å². The lowest BCUT2D eigenvalue weighted by atomic mass is 10.4. The number of pyridine rings is 1. The number of thioether (sulfide) groups is 1. The molecule has 0 aliphatic carbocycles. The first-order chi connectivity index (χ1) is 10.1. The second-order valence-corrected chi connectivity index (χ2v) is 5.10. The van der Waals surface area contributed by atoms with Crippen LogP contribution in [0.2, 0.25) is 0 Å². The third kappa shape index (κ3) is 5.22. The molecule has 9 heteroatoms. The molecule has 0 saturated carbocycles. The van der Waals surface area contributed by atoms with Crippen molar-refractivity contribution in [1.82, 2.24) is 25.3 Å². The van der Waals surface area contributed by atoms with Gasteiger partial charge in [-0.1, -0.05) is 5.21 Å². The SMILES string of the molecule is O=C(O)Cn1cc(CNC(=O)CSc2ccncc2)nn1. The summed E-state index contributed by atoms with van der Waals surface area (Å²) in [6.07, 6.45) is 4.83. The van der Waals surface area contributed by atoms with Crippen LogP contribution in [0.1, 0.15) is 5.69 Å². The van der Waals surface area contributed by atoms with Gasteiger partial charge in [-0.25, -0.2) is 4.68 Å². The van der Waals surface area contributed by atoms with Gasteiger partial charge in [-0.2, -0.15) is 0 Å². The maximum absolute atomic E-state index is 11.7. The Morgan fingerprint density at radius 2 is 2.10 bits per heavy atom. The molecule has 2 rings (SSSR count). The molecule has 0 unspecified atom stereocenters. The zero-order chi connectivity index (χ0) is 15.1. The van der Waals surface area contributed by atoms with Crippen LogP contribution in [0, 0.1) is 0 Å². The van der Waals surface area contributed by atoms with Crippen molar-refractivity contribution < 1.29 is 14.7 Å². The smallest absolute Gasteiger partial charge is 0.325 e. The Labute approximate surface area is 124 Å². The molecule has 2 heterocycles. The molecule has 0 aliphatic heterocycles. The predicted octanol–water partition coefficient (Wildman–Crippen LogP) is 0.166. The highest BCUT2D eigenvalue weighted by Gasteiger charge is 2.07. The van der Waals surface area contributed by atoms with E-state index in [2.05, 4.69) is 20.6 Å². The highest BCUT2D eigenvalue weighted by atomic mass is 32.2. The zero-order valence-corrected chi connectivity index (χ0v) is 11.8. The summed E-state index contributed by atoms with van der Waals surface area (Å²) >= 11 is 1.41. The Morgan fingerprint density at radius 3 is 2.81 bits per heavy atom. The molecule has 0 aromatic carbocycles. The molecule has 2 aromatic heterocycles. The fourth-order valence-corrected chi connectivity index (χ4v) is 2.17. The summed E-state index contributed by atoms with van der Waals surface area (Å²) in [7, 11) is 0. The third-order valence-corrected chi connectivity index (χ3v) is 3.38.